The maximum absolute atomic E-state index is 13.1. The fourth-order valence-electron chi connectivity index (χ4n) is 4.15. The van der Waals surface area contributed by atoms with Crippen molar-refractivity contribution in [3.05, 3.63) is 75.8 Å². The normalized spacial score (nSPS) is 18.3. The lowest BCUT2D eigenvalue weighted by atomic mass is 9.85. The number of thioether (sulfide) groups is 1. The second-order valence-electron chi connectivity index (χ2n) is 8.45. The molecule has 0 unspecified atom stereocenters. The van der Waals surface area contributed by atoms with Crippen LogP contribution in [0.4, 0.5) is 5.69 Å². The van der Waals surface area contributed by atoms with Crippen molar-refractivity contribution in [1.29, 1.82) is 5.26 Å². The highest BCUT2D eigenvalue weighted by atomic mass is 32.2. The summed E-state index contributed by atoms with van der Waals surface area (Å²) in [4.78, 5) is 28.8. The minimum atomic E-state index is -0.348. The van der Waals surface area contributed by atoms with Crippen molar-refractivity contribution in [3.63, 3.8) is 0 Å². The molecule has 7 heteroatoms. The van der Waals surface area contributed by atoms with Crippen molar-refractivity contribution < 1.29 is 14.3 Å². The van der Waals surface area contributed by atoms with Crippen LogP contribution in [0.1, 0.15) is 60.5 Å². The standard InChI is InChI=1S/C26H27N3O3S/c1-4-32-26(31)20-9-11-21(12-10-20)28-15-29-24(30)13-22(23(14-27)25(29)33-16-28)19-7-5-18(6-8-19)17(2)3/h5-12,17,22H,4,13,15-16H2,1-3H3/t22-/m0/s1. The van der Waals surface area contributed by atoms with Gasteiger partial charge in [-0.3, -0.25) is 9.69 Å². The summed E-state index contributed by atoms with van der Waals surface area (Å²) in [6, 6.07) is 17.9. The number of fused-ring (bicyclic) bond motifs is 1. The molecule has 170 valence electrons. The van der Waals surface area contributed by atoms with Crippen LogP contribution in [0, 0.1) is 11.3 Å². The summed E-state index contributed by atoms with van der Waals surface area (Å²) in [5.74, 6) is 0.504. The minimum absolute atomic E-state index is 0.0160. The van der Waals surface area contributed by atoms with Crippen LogP contribution in [-0.2, 0) is 9.53 Å². The van der Waals surface area contributed by atoms with E-state index in [-0.39, 0.29) is 24.2 Å². The van der Waals surface area contributed by atoms with Gasteiger partial charge >= 0.3 is 5.97 Å². The number of ether oxygens (including phenoxy) is 1. The molecule has 2 heterocycles. The molecule has 2 aliphatic heterocycles. The van der Waals surface area contributed by atoms with E-state index in [9.17, 15) is 14.9 Å². The van der Waals surface area contributed by atoms with E-state index < -0.39 is 0 Å². The van der Waals surface area contributed by atoms with Crippen molar-refractivity contribution in [2.75, 3.05) is 24.1 Å². The molecule has 0 radical (unpaired) electrons. The molecule has 1 saturated heterocycles. The minimum Gasteiger partial charge on any atom is -0.462 e. The van der Waals surface area contributed by atoms with Gasteiger partial charge in [0.25, 0.3) is 0 Å². The number of carbonyl (C=O) groups excluding carboxylic acids is 2. The Bertz CT molecular complexity index is 1120. The molecular formula is C26H27N3O3S. The molecule has 0 aliphatic carbocycles. The number of rotatable bonds is 5. The van der Waals surface area contributed by atoms with E-state index in [1.807, 2.05) is 24.3 Å². The Balaban J connectivity index is 1.56. The molecule has 2 aromatic rings. The van der Waals surface area contributed by atoms with E-state index >= 15 is 0 Å². The molecule has 1 fully saturated rings. The Morgan fingerprint density at radius 2 is 1.88 bits per heavy atom. The summed E-state index contributed by atoms with van der Waals surface area (Å²) in [6.45, 7) is 6.78. The molecule has 0 aromatic heterocycles. The van der Waals surface area contributed by atoms with Crippen molar-refractivity contribution in [3.8, 4) is 6.07 Å². The monoisotopic (exact) mass is 461 g/mol. The van der Waals surface area contributed by atoms with Gasteiger partial charge in [0.1, 0.15) is 0 Å². The van der Waals surface area contributed by atoms with Gasteiger partial charge in [0.15, 0.2) is 0 Å². The average Bonchev–Trinajstić information content (AvgIpc) is 2.84. The highest BCUT2D eigenvalue weighted by Gasteiger charge is 2.38. The van der Waals surface area contributed by atoms with Crippen LogP contribution in [0.25, 0.3) is 0 Å². The summed E-state index contributed by atoms with van der Waals surface area (Å²) in [5, 5.41) is 10.7. The van der Waals surface area contributed by atoms with Crippen molar-refractivity contribution in [2.24, 2.45) is 0 Å². The Hall–Kier alpha value is -3.24. The lowest BCUT2D eigenvalue weighted by molar-refractivity contribution is -0.129. The third-order valence-corrected chi connectivity index (χ3v) is 7.20. The lowest BCUT2D eigenvalue weighted by Gasteiger charge is -2.42. The number of allylic oxidation sites excluding steroid dienone is 1. The molecule has 0 saturated carbocycles. The van der Waals surface area contributed by atoms with Crippen molar-refractivity contribution >= 4 is 29.3 Å². The molecule has 33 heavy (non-hydrogen) atoms. The molecular weight excluding hydrogens is 434 g/mol. The van der Waals surface area contributed by atoms with E-state index in [4.69, 9.17) is 4.74 Å². The van der Waals surface area contributed by atoms with Crippen LogP contribution in [0.5, 0.6) is 0 Å². The van der Waals surface area contributed by atoms with Gasteiger partial charge in [-0.15, -0.1) is 0 Å². The Labute approximate surface area is 198 Å². The number of benzene rings is 2. The first-order chi connectivity index (χ1) is 15.9. The fraction of sp³-hybridized carbons (Fsp3) is 0.346. The molecule has 2 aromatic carbocycles. The highest BCUT2D eigenvalue weighted by Crippen LogP contribution is 2.43. The van der Waals surface area contributed by atoms with Gasteiger partial charge < -0.3 is 9.64 Å². The Morgan fingerprint density at radius 3 is 2.48 bits per heavy atom. The molecule has 1 atom stereocenters. The number of amides is 1. The Kier molecular flexibility index (Phi) is 6.75. The van der Waals surface area contributed by atoms with Crippen molar-refractivity contribution in [2.45, 2.75) is 39.0 Å². The maximum atomic E-state index is 13.1. The number of esters is 1. The van der Waals surface area contributed by atoms with Gasteiger partial charge in [-0.25, -0.2) is 4.79 Å². The number of hydrogen-bond acceptors (Lipinski definition) is 6. The number of nitriles is 1. The van der Waals surface area contributed by atoms with Gasteiger partial charge in [0, 0.05) is 18.0 Å². The smallest absolute Gasteiger partial charge is 0.338 e. The van der Waals surface area contributed by atoms with Crippen LogP contribution in [0.2, 0.25) is 0 Å². The largest absolute Gasteiger partial charge is 0.462 e. The van der Waals surface area contributed by atoms with E-state index in [1.54, 1.807) is 24.0 Å². The summed E-state index contributed by atoms with van der Waals surface area (Å²) in [7, 11) is 0. The van der Waals surface area contributed by atoms with Crippen LogP contribution in [-0.4, -0.2) is 35.9 Å². The van der Waals surface area contributed by atoms with Gasteiger partial charge in [-0.1, -0.05) is 49.9 Å². The number of anilines is 1. The topological polar surface area (TPSA) is 73.6 Å². The molecule has 0 bridgehead atoms. The summed E-state index contributed by atoms with van der Waals surface area (Å²) < 4.78 is 5.04. The quantitative estimate of drug-likeness (QED) is 0.570. The first-order valence-corrected chi connectivity index (χ1v) is 12.1. The van der Waals surface area contributed by atoms with Gasteiger partial charge in [0.2, 0.25) is 5.91 Å². The van der Waals surface area contributed by atoms with Crippen LogP contribution >= 0.6 is 11.8 Å². The third kappa shape index (κ3) is 4.62. The number of nitrogens with zero attached hydrogens (tertiary/aromatic N) is 3. The first-order valence-electron chi connectivity index (χ1n) is 11.1. The predicted octanol–water partition coefficient (Wildman–Crippen LogP) is 5.21. The summed E-state index contributed by atoms with van der Waals surface area (Å²) in [6.07, 6.45) is 0.281. The molecule has 0 spiro atoms. The highest BCUT2D eigenvalue weighted by molar-refractivity contribution is 8.03. The van der Waals surface area contributed by atoms with Crippen LogP contribution in [0.15, 0.2) is 59.1 Å². The van der Waals surface area contributed by atoms with Gasteiger partial charge in [-0.2, -0.15) is 5.26 Å². The van der Waals surface area contributed by atoms with E-state index in [0.717, 1.165) is 16.3 Å². The zero-order chi connectivity index (χ0) is 23.5. The molecule has 6 nitrogen and oxygen atoms in total. The first kappa shape index (κ1) is 22.9. The van der Waals surface area contributed by atoms with E-state index in [0.29, 0.717) is 36.2 Å². The maximum Gasteiger partial charge on any atom is 0.338 e. The van der Waals surface area contributed by atoms with Crippen molar-refractivity contribution in [1.82, 2.24) is 4.90 Å². The molecule has 4 rings (SSSR count). The van der Waals surface area contributed by atoms with E-state index in [2.05, 4.69) is 36.9 Å². The lowest BCUT2D eigenvalue weighted by Crippen LogP contribution is -2.47. The number of hydrogen-bond donors (Lipinski definition) is 0. The van der Waals surface area contributed by atoms with Crippen LogP contribution in [0.3, 0.4) is 0 Å². The second kappa shape index (κ2) is 9.72. The number of carbonyl (C=O) groups is 2. The summed E-state index contributed by atoms with van der Waals surface area (Å²) in [5.41, 5.74) is 4.32. The molecule has 1 amide bonds. The second-order valence-corrected chi connectivity index (χ2v) is 9.39. The zero-order valence-corrected chi connectivity index (χ0v) is 19.9. The summed E-state index contributed by atoms with van der Waals surface area (Å²) >= 11 is 1.51. The van der Waals surface area contributed by atoms with E-state index in [1.165, 1.54) is 17.3 Å². The zero-order valence-electron chi connectivity index (χ0n) is 19.1. The average molecular weight is 462 g/mol. The van der Waals surface area contributed by atoms with Gasteiger partial charge in [0.05, 0.1) is 41.4 Å². The predicted molar refractivity (Wildman–Crippen MR) is 130 cm³/mol. The third-order valence-electron chi connectivity index (χ3n) is 6.04. The fourth-order valence-corrected chi connectivity index (χ4v) is 5.31. The Morgan fingerprint density at radius 1 is 1.18 bits per heavy atom. The SMILES string of the molecule is CCOC(=O)c1ccc(N2CSC3=C(C#N)[C@H](c4ccc(C(C)C)cc4)CC(=O)N3C2)cc1. The molecule has 2 aliphatic rings. The molecule has 0 N–H and O–H groups in total. The van der Waals surface area contributed by atoms with Crippen LogP contribution < -0.4 is 4.90 Å². The van der Waals surface area contributed by atoms with Gasteiger partial charge in [-0.05, 0) is 48.2 Å².